The van der Waals surface area contributed by atoms with Crippen molar-refractivity contribution in [2.45, 2.75) is 26.2 Å². The first-order valence-corrected chi connectivity index (χ1v) is 7.06. The Morgan fingerprint density at radius 3 is 2.56 bits per heavy atom. The summed E-state index contributed by atoms with van der Waals surface area (Å²) in [5.41, 5.74) is 1.81. The van der Waals surface area contributed by atoms with E-state index in [0.717, 1.165) is 24.0 Å². The maximum atomic E-state index is 12.2. The molecular formula is C13H17NO3S. The van der Waals surface area contributed by atoms with Gasteiger partial charge < -0.3 is 10.0 Å². The highest BCUT2D eigenvalue weighted by Gasteiger charge is 2.25. The van der Waals surface area contributed by atoms with Gasteiger partial charge in [-0.1, -0.05) is 0 Å². The zero-order valence-electron chi connectivity index (χ0n) is 10.4. The molecule has 2 heterocycles. The lowest BCUT2D eigenvalue weighted by Crippen LogP contribution is -2.39. The molecule has 2 rings (SSSR count). The Kier molecular flexibility index (Phi) is 4.01. The van der Waals surface area contributed by atoms with Gasteiger partial charge in [0.15, 0.2) is 0 Å². The largest absolute Gasteiger partial charge is 0.481 e. The van der Waals surface area contributed by atoms with Crippen LogP contribution < -0.4 is 0 Å². The summed E-state index contributed by atoms with van der Waals surface area (Å²) in [4.78, 5) is 24.7. The molecule has 1 fully saturated rings. The Hall–Kier alpha value is -1.36. The zero-order valence-corrected chi connectivity index (χ0v) is 11.2. The number of nitrogens with zero attached hydrogens (tertiary/aromatic N) is 1. The normalized spacial score (nSPS) is 16.8. The van der Waals surface area contributed by atoms with Crippen LogP contribution in [0, 0.1) is 12.8 Å². The van der Waals surface area contributed by atoms with Gasteiger partial charge in [0, 0.05) is 24.9 Å². The zero-order chi connectivity index (χ0) is 13.1. The molecule has 0 bridgehead atoms. The Bertz CT molecular complexity index is 447. The number of hydrogen-bond donors (Lipinski definition) is 1. The van der Waals surface area contributed by atoms with Crippen molar-refractivity contribution < 1.29 is 14.7 Å². The van der Waals surface area contributed by atoms with E-state index in [2.05, 4.69) is 0 Å². The first kappa shape index (κ1) is 13.1. The number of hydrogen-bond acceptors (Lipinski definition) is 3. The number of piperidine rings is 1. The topological polar surface area (TPSA) is 57.6 Å². The molecule has 0 aliphatic carbocycles. The lowest BCUT2D eigenvalue weighted by Gasteiger charge is -2.31. The van der Waals surface area contributed by atoms with Crippen LogP contribution >= 0.6 is 11.3 Å². The van der Waals surface area contributed by atoms with Crippen molar-refractivity contribution in [3.63, 3.8) is 0 Å². The van der Waals surface area contributed by atoms with Gasteiger partial charge in [0.25, 0.3) is 5.91 Å². The first-order chi connectivity index (χ1) is 8.58. The Balaban J connectivity index is 1.92. The summed E-state index contributed by atoms with van der Waals surface area (Å²) in [7, 11) is 0. The van der Waals surface area contributed by atoms with E-state index in [1.165, 1.54) is 0 Å². The van der Waals surface area contributed by atoms with Crippen LogP contribution in [0.15, 0.2) is 10.8 Å². The fourth-order valence-corrected chi connectivity index (χ4v) is 3.16. The van der Waals surface area contributed by atoms with Crippen LogP contribution in [0.25, 0.3) is 0 Å². The van der Waals surface area contributed by atoms with Gasteiger partial charge in [-0.3, -0.25) is 9.59 Å². The minimum absolute atomic E-state index is 0.0857. The molecule has 1 aliphatic rings. The summed E-state index contributed by atoms with van der Waals surface area (Å²) >= 11 is 1.54. The number of carboxylic acids is 1. The van der Waals surface area contributed by atoms with Crippen LogP contribution in [0.3, 0.4) is 0 Å². The summed E-state index contributed by atoms with van der Waals surface area (Å²) in [6, 6.07) is 0. The predicted octanol–water partition coefficient (Wildman–Crippen LogP) is 2.38. The summed E-state index contributed by atoms with van der Waals surface area (Å²) < 4.78 is 0. The number of rotatable bonds is 3. The van der Waals surface area contributed by atoms with Crippen LogP contribution in [0.5, 0.6) is 0 Å². The number of amides is 1. The second-order valence-electron chi connectivity index (χ2n) is 4.80. The smallest absolute Gasteiger partial charge is 0.303 e. The number of carbonyl (C=O) groups excluding carboxylic acids is 1. The maximum Gasteiger partial charge on any atom is 0.303 e. The summed E-state index contributed by atoms with van der Waals surface area (Å²) in [6.07, 6.45) is 1.81. The average Bonchev–Trinajstić information content (AvgIpc) is 2.75. The third kappa shape index (κ3) is 2.90. The fourth-order valence-electron chi connectivity index (χ4n) is 2.34. The van der Waals surface area contributed by atoms with Crippen molar-refractivity contribution in [2.75, 3.05) is 13.1 Å². The Morgan fingerprint density at radius 1 is 1.39 bits per heavy atom. The Labute approximate surface area is 110 Å². The molecule has 4 nitrogen and oxygen atoms in total. The quantitative estimate of drug-likeness (QED) is 0.914. The van der Waals surface area contributed by atoms with Gasteiger partial charge in [-0.2, -0.15) is 11.3 Å². The monoisotopic (exact) mass is 267 g/mol. The second-order valence-corrected chi connectivity index (χ2v) is 5.55. The summed E-state index contributed by atoms with van der Waals surface area (Å²) in [5, 5.41) is 12.6. The average molecular weight is 267 g/mol. The highest BCUT2D eigenvalue weighted by atomic mass is 32.1. The minimum atomic E-state index is -0.742. The third-order valence-electron chi connectivity index (χ3n) is 3.45. The van der Waals surface area contributed by atoms with Gasteiger partial charge in [-0.15, -0.1) is 0 Å². The molecule has 5 heteroatoms. The molecular weight excluding hydrogens is 250 g/mol. The van der Waals surface area contributed by atoms with Gasteiger partial charge in [0.1, 0.15) is 0 Å². The number of likely N-dealkylation sites (tertiary alicyclic amines) is 1. The first-order valence-electron chi connectivity index (χ1n) is 6.11. The molecule has 0 unspecified atom stereocenters. The van der Waals surface area contributed by atoms with Gasteiger partial charge in [0.05, 0.1) is 5.56 Å². The highest BCUT2D eigenvalue weighted by molar-refractivity contribution is 7.08. The van der Waals surface area contributed by atoms with Crippen molar-refractivity contribution >= 4 is 23.2 Å². The van der Waals surface area contributed by atoms with E-state index < -0.39 is 5.97 Å². The van der Waals surface area contributed by atoms with Crippen molar-refractivity contribution in [1.82, 2.24) is 4.90 Å². The molecule has 0 atom stereocenters. The molecule has 98 valence electrons. The van der Waals surface area contributed by atoms with Gasteiger partial charge in [-0.25, -0.2) is 0 Å². The SMILES string of the molecule is Cc1cscc1C(=O)N1CCC(CC(=O)O)CC1. The van der Waals surface area contributed by atoms with Crippen LogP contribution in [0.1, 0.15) is 35.2 Å². The second kappa shape index (κ2) is 5.52. The van der Waals surface area contributed by atoms with E-state index in [1.807, 2.05) is 22.6 Å². The molecule has 1 saturated heterocycles. The number of carbonyl (C=O) groups is 2. The van der Waals surface area contributed by atoms with Crippen molar-refractivity contribution in [2.24, 2.45) is 5.92 Å². The van der Waals surface area contributed by atoms with Gasteiger partial charge in [-0.05, 0) is 36.6 Å². The molecule has 0 saturated carbocycles. The molecule has 0 spiro atoms. The number of aryl methyl sites for hydroxylation is 1. The number of aliphatic carboxylic acids is 1. The summed E-state index contributed by atoms with van der Waals surface area (Å²) in [6.45, 7) is 3.29. The molecule has 1 aliphatic heterocycles. The molecule has 1 N–H and O–H groups in total. The van der Waals surface area contributed by atoms with Crippen LogP contribution in [0.2, 0.25) is 0 Å². The standard InChI is InChI=1S/C13H17NO3S/c1-9-7-18-8-11(9)13(17)14-4-2-10(3-5-14)6-12(15)16/h7-8,10H,2-6H2,1H3,(H,15,16). The van der Waals surface area contributed by atoms with Gasteiger partial charge >= 0.3 is 5.97 Å². The lowest BCUT2D eigenvalue weighted by molar-refractivity contribution is -0.138. The van der Waals surface area contributed by atoms with E-state index in [4.69, 9.17) is 5.11 Å². The molecule has 18 heavy (non-hydrogen) atoms. The lowest BCUT2D eigenvalue weighted by atomic mass is 9.93. The number of carboxylic acid groups (broad SMARTS) is 1. The number of thiophene rings is 1. The summed E-state index contributed by atoms with van der Waals surface area (Å²) in [5.74, 6) is -0.439. The molecule has 1 aromatic heterocycles. The van der Waals surface area contributed by atoms with Crippen molar-refractivity contribution in [3.05, 3.63) is 21.9 Å². The molecule has 1 amide bonds. The van der Waals surface area contributed by atoms with E-state index in [1.54, 1.807) is 11.3 Å². The van der Waals surface area contributed by atoms with Crippen LogP contribution in [-0.4, -0.2) is 35.0 Å². The highest BCUT2D eigenvalue weighted by Crippen LogP contribution is 2.23. The third-order valence-corrected chi connectivity index (χ3v) is 4.31. The van der Waals surface area contributed by atoms with Crippen LogP contribution in [-0.2, 0) is 4.79 Å². The van der Waals surface area contributed by atoms with E-state index in [0.29, 0.717) is 13.1 Å². The van der Waals surface area contributed by atoms with Crippen molar-refractivity contribution in [1.29, 1.82) is 0 Å². The fraction of sp³-hybridized carbons (Fsp3) is 0.538. The predicted molar refractivity (Wildman–Crippen MR) is 69.9 cm³/mol. The minimum Gasteiger partial charge on any atom is -0.481 e. The van der Waals surface area contributed by atoms with Crippen LogP contribution in [0.4, 0.5) is 0 Å². The maximum absolute atomic E-state index is 12.2. The van der Waals surface area contributed by atoms with Gasteiger partial charge in [0.2, 0.25) is 0 Å². The Morgan fingerprint density at radius 2 is 2.06 bits per heavy atom. The van der Waals surface area contributed by atoms with Crippen molar-refractivity contribution in [3.8, 4) is 0 Å². The van der Waals surface area contributed by atoms with E-state index >= 15 is 0 Å². The molecule has 1 aromatic rings. The molecule has 0 radical (unpaired) electrons. The van der Waals surface area contributed by atoms with E-state index in [-0.39, 0.29) is 18.2 Å². The molecule has 0 aromatic carbocycles. The van der Waals surface area contributed by atoms with E-state index in [9.17, 15) is 9.59 Å².